The van der Waals surface area contributed by atoms with Crippen LogP contribution in [0.4, 0.5) is 16.2 Å². The average molecular weight is 366 g/mol. The Morgan fingerprint density at radius 2 is 2.00 bits per heavy atom. The first-order chi connectivity index (χ1) is 13.1. The first-order valence-corrected chi connectivity index (χ1v) is 9.20. The number of fused-ring (bicyclic) bond motifs is 1. The fourth-order valence-electron chi connectivity index (χ4n) is 3.28. The summed E-state index contributed by atoms with van der Waals surface area (Å²) in [5, 5.41) is 6.65. The van der Waals surface area contributed by atoms with E-state index in [4.69, 9.17) is 10.5 Å². The molecule has 0 unspecified atom stereocenters. The van der Waals surface area contributed by atoms with Gasteiger partial charge in [-0.2, -0.15) is 0 Å². The number of ether oxygens (including phenoxy) is 1. The normalized spacial score (nSPS) is 10.8. The van der Waals surface area contributed by atoms with Crippen LogP contribution < -0.4 is 21.1 Å². The molecule has 142 valence electrons. The Morgan fingerprint density at radius 3 is 2.70 bits per heavy atom. The van der Waals surface area contributed by atoms with E-state index in [1.165, 1.54) is 0 Å². The van der Waals surface area contributed by atoms with Gasteiger partial charge in [0.25, 0.3) is 0 Å². The molecule has 4 N–H and O–H groups in total. The second-order valence-electron chi connectivity index (χ2n) is 6.35. The molecule has 3 aromatic rings. The summed E-state index contributed by atoms with van der Waals surface area (Å²) in [5.41, 5.74) is 10.9. The van der Waals surface area contributed by atoms with E-state index in [1.54, 1.807) is 7.11 Å². The number of carbonyl (C=O) groups is 1. The Morgan fingerprint density at radius 1 is 1.19 bits per heavy atom. The summed E-state index contributed by atoms with van der Waals surface area (Å²) in [4.78, 5) is 12.0. The van der Waals surface area contributed by atoms with Gasteiger partial charge in [0.05, 0.1) is 24.0 Å². The topological polar surface area (TPSA) is 81.3 Å². The highest BCUT2D eigenvalue weighted by Crippen LogP contribution is 2.38. The molecule has 0 fully saturated rings. The monoisotopic (exact) mass is 366 g/mol. The van der Waals surface area contributed by atoms with Crippen LogP contribution in [0.2, 0.25) is 0 Å². The van der Waals surface area contributed by atoms with Crippen LogP contribution in [0.5, 0.6) is 5.75 Å². The SMILES string of the molecule is CCCNC(=O)Nc1cccc(-c2c(N)c3cc(OC)ccc3n2CC)c1. The minimum absolute atomic E-state index is 0.206. The highest BCUT2D eigenvalue weighted by Gasteiger charge is 2.17. The Labute approximate surface area is 159 Å². The highest BCUT2D eigenvalue weighted by atomic mass is 16.5. The number of amides is 2. The molecule has 2 aromatic carbocycles. The van der Waals surface area contributed by atoms with E-state index in [0.29, 0.717) is 12.2 Å². The molecule has 6 nitrogen and oxygen atoms in total. The molecule has 1 aromatic heterocycles. The number of rotatable bonds is 6. The Bertz CT molecular complexity index is 962. The lowest BCUT2D eigenvalue weighted by molar-refractivity contribution is 0.252. The molecule has 0 aliphatic carbocycles. The molecule has 0 radical (unpaired) electrons. The quantitative estimate of drug-likeness (QED) is 0.603. The third kappa shape index (κ3) is 3.69. The van der Waals surface area contributed by atoms with E-state index in [0.717, 1.165) is 46.6 Å². The summed E-state index contributed by atoms with van der Waals surface area (Å²) in [7, 11) is 1.65. The Kier molecular flexibility index (Phi) is 5.54. The van der Waals surface area contributed by atoms with Crippen LogP contribution in [0.25, 0.3) is 22.2 Å². The number of aryl methyl sites for hydroxylation is 1. The average Bonchev–Trinajstić information content (AvgIpc) is 2.97. The molecule has 0 spiro atoms. The van der Waals surface area contributed by atoms with Crippen molar-refractivity contribution in [3.05, 3.63) is 42.5 Å². The standard InChI is InChI=1S/C21H26N4O2/c1-4-11-23-21(26)24-15-8-6-7-14(12-15)20-19(22)17-13-16(27-3)9-10-18(17)25(20)5-2/h6-10,12-13H,4-5,11,22H2,1-3H3,(H2,23,24,26). The first-order valence-electron chi connectivity index (χ1n) is 9.20. The molecule has 0 aliphatic heterocycles. The number of hydrogen-bond acceptors (Lipinski definition) is 3. The summed E-state index contributed by atoms with van der Waals surface area (Å²) in [6.45, 7) is 5.53. The van der Waals surface area contributed by atoms with Crippen LogP contribution in [-0.4, -0.2) is 24.3 Å². The maximum absolute atomic E-state index is 12.0. The number of nitrogens with zero attached hydrogens (tertiary/aromatic N) is 1. The number of methoxy groups -OCH3 is 1. The third-order valence-electron chi connectivity index (χ3n) is 4.56. The van der Waals surface area contributed by atoms with E-state index < -0.39 is 0 Å². The smallest absolute Gasteiger partial charge is 0.319 e. The van der Waals surface area contributed by atoms with Gasteiger partial charge in [0.15, 0.2) is 0 Å². The number of hydrogen-bond donors (Lipinski definition) is 3. The van der Waals surface area contributed by atoms with Crippen LogP contribution in [0.3, 0.4) is 0 Å². The predicted octanol–water partition coefficient (Wildman–Crippen LogP) is 4.45. The maximum Gasteiger partial charge on any atom is 0.319 e. The van der Waals surface area contributed by atoms with Gasteiger partial charge in [-0.3, -0.25) is 0 Å². The summed E-state index contributed by atoms with van der Waals surface area (Å²) in [5.74, 6) is 0.775. The molecule has 1 heterocycles. The van der Waals surface area contributed by atoms with Crippen LogP contribution in [0.1, 0.15) is 20.3 Å². The van der Waals surface area contributed by atoms with Gasteiger partial charge >= 0.3 is 6.03 Å². The zero-order valence-electron chi connectivity index (χ0n) is 16.0. The number of carbonyl (C=O) groups excluding carboxylic acids is 1. The highest BCUT2D eigenvalue weighted by molar-refractivity contribution is 6.02. The van der Waals surface area contributed by atoms with Crippen molar-refractivity contribution >= 4 is 28.3 Å². The zero-order chi connectivity index (χ0) is 19.4. The third-order valence-corrected chi connectivity index (χ3v) is 4.56. The largest absolute Gasteiger partial charge is 0.497 e. The number of aromatic nitrogens is 1. The van der Waals surface area contributed by atoms with Crippen LogP contribution >= 0.6 is 0 Å². The molecule has 0 saturated heterocycles. The second kappa shape index (κ2) is 8.03. The number of nitrogens with two attached hydrogens (primary N) is 1. The number of nitrogen functional groups attached to an aromatic ring is 1. The molecule has 0 atom stereocenters. The molecule has 2 amide bonds. The van der Waals surface area contributed by atoms with Gasteiger partial charge in [-0.1, -0.05) is 19.1 Å². The lowest BCUT2D eigenvalue weighted by atomic mass is 10.1. The Hall–Kier alpha value is -3.15. The van der Waals surface area contributed by atoms with Gasteiger partial charge in [0, 0.05) is 29.7 Å². The van der Waals surface area contributed by atoms with Crippen LogP contribution in [-0.2, 0) is 6.54 Å². The van der Waals surface area contributed by atoms with Crippen molar-refractivity contribution in [1.29, 1.82) is 0 Å². The number of anilines is 2. The fraction of sp³-hybridized carbons (Fsp3) is 0.286. The first kappa shape index (κ1) is 18.6. The molecule has 0 bridgehead atoms. The van der Waals surface area contributed by atoms with E-state index >= 15 is 0 Å². The van der Waals surface area contributed by atoms with Crippen LogP contribution in [0, 0.1) is 0 Å². The fourth-order valence-corrected chi connectivity index (χ4v) is 3.28. The minimum Gasteiger partial charge on any atom is -0.497 e. The molecule has 6 heteroatoms. The van der Waals surface area contributed by atoms with Gasteiger partial charge in [-0.05, 0) is 43.7 Å². The minimum atomic E-state index is -0.206. The molecule has 0 aliphatic rings. The van der Waals surface area contributed by atoms with E-state index in [-0.39, 0.29) is 6.03 Å². The molecular formula is C21H26N4O2. The summed E-state index contributed by atoms with van der Waals surface area (Å²) < 4.78 is 7.52. The van der Waals surface area contributed by atoms with Crippen molar-refractivity contribution in [1.82, 2.24) is 9.88 Å². The number of benzene rings is 2. The number of nitrogens with one attached hydrogen (secondary N) is 2. The van der Waals surface area contributed by atoms with Gasteiger partial charge in [0.2, 0.25) is 0 Å². The van der Waals surface area contributed by atoms with E-state index in [1.807, 2.05) is 49.4 Å². The summed E-state index contributed by atoms with van der Waals surface area (Å²) >= 11 is 0. The van der Waals surface area contributed by atoms with Crippen molar-refractivity contribution in [2.75, 3.05) is 24.7 Å². The van der Waals surface area contributed by atoms with Crippen molar-refractivity contribution in [3.63, 3.8) is 0 Å². The van der Waals surface area contributed by atoms with E-state index in [9.17, 15) is 4.79 Å². The molecule has 27 heavy (non-hydrogen) atoms. The van der Waals surface area contributed by atoms with Crippen molar-refractivity contribution in [2.45, 2.75) is 26.8 Å². The molecule has 3 rings (SSSR count). The Balaban J connectivity index is 2.03. The van der Waals surface area contributed by atoms with Crippen molar-refractivity contribution in [2.24, 2.45) is 0 Å². The number of urea groups is 1. The van der Waals surface area contributed by atoms with Crippen molar-refractivity contribution in [3.8, 4) is 17.0 Å². The predicted molar refractivity (Wildman–Crippen MR) is 111 cm³/mol. The molecule has 0 saturated carbocycles. The van der Waals surface area contributed by atoms with Crippen LogP contribution in [0.15, 0.2) is 42.5 Å². The van der Waals surface area contributed by atoms with Gasteiger partial charge in [-0.15, -0.1) is 0 Å². The zero-order valence-corrected chi connectivity index (χ0v) is 16.0. The summed E-state index contributed by atoms with van der Waals surface area (Å²) in [6, 6.07) is 13.5. The molecular weight excluding hydrogens is 340 g/mol. The van der Waals surface area contributed by atoms with Crippen molar-refractivity contribution < 1.29 is 9.53 Å². The lowest BCUT2D eigenvalue weighted by Gasteiger charge is -2.12. The second-order valence-corrected chi connectivity index (χ2v) is 6.35. The summed E-state index contributed by atoms with van der Waals surface area (Å²) in [6.07, 6.45) is 0.893. The lowest BCUT2D eigenvalue weighted by Crippen LogP contribution is -2.29. The van der Waals surface area contributed by atoms with Gasteiger partial charge in [-0.25, -0.2) is 4.79 Å². The van der Waals surface area contributed by atoms with Gasteiger partial charge in [0.1, 0.15) is 5.75 Å². The maximum atomic E-state index is 12.0. The van der Waals surface area contributed by atoms with Gasteiger partial charge < -0.3 is 25.7 Å². The van der Waals surface area contributed by atoms with E-state index in [2.05, 4.69) is 22.1 Å².